The molecule has 0 fully saturated rings. The predicted molar refractivity (Wildman–Crippen MR) is 139 cm³/mol. The monoisotopic (exact) mass is 430 g/mol. The molecule has 0 saturated carbocycles. The van der Waals surface area contributed by atoms with Gasteiger partial charge in [0, 0.05) is 73.2 Å². The lowest BCUT2D eigenvalue weighted by atomic mass is 10.0. The Hall–Kier alpha value is -2.88. The lowest BCUT2D eigenvalue weighted by Gasteiger charge is -2.33. The van der Waals surface area contributed by atoms with Gasteiger partial charge in [-0.25, -0.2) is 0 Å². The molecule has 0 aliphatic carbocycles. The summed E-state index contributed by atoms with van der Waals surface area (Å²) < 4.78 is 0. The van der Waals surface area contributed by atoms with Crippen LogP contribution in [0.2, 0.25) is 0 Å². The number of fused-ring (bicyclic) bond motifs is 2. The minimum Gasteiger partial charge on any atom is -0.385 e. The van der Waals surface area contributed by atoms with E-state index in [9.17, 15) is 0 Å². The maximum absolute atomic E-state index is 3.70. The SMILES string of the molecule is CC1C=C(NCCCCCCNC2=CC(C)N(C)c3ccccc32)c2ccccc2N1C. The minimum atomic E-state index is 0.417. The fraction of sp³-hybridized carbons (Fsp3) is 0.429. The van der Waals surface area contributed by atoms with E-state index in [4.69, 9.17) is 0 Å². The maximum atomic E-state index is 3.70. The highest BCUT2D eigenvalue weighted by Crippen LogP contribution is 2.32. The number of benzene rings is 2. The molecule has 0 radical (unpaired) electrons. The van der Waals surface area contributed by atoms with Gasteiger partial charge >= 0.3 is 0 Å². The third kappa shape index (κ3) is 4.79. The van der Waals surface area contributed by atoms with Gasteiger partial charge in [-0.1, -0.05) is 49.2 Å². The van der Waals surface area contributed by atoms with E-state index in [0.717, 1.165) is 13.1 Å². The molecule has 2 unspecified atom stereocenters. The zero-order valence-corrected chi connectivity index (χ0v) is 20.1. The van der Waals surface area contributed by atoms with Crippen LogP contribution >= 0.6 is 0 Å². The number of nitrogens with one attached hydrogen (secondary N) is 2. The van der Waals surface area contributed by atoms with Crippen molar-refractivity contribution < 1.29 is 0 Å². The molecule has 0 saturated heterocycles. The first-order chi connectivity index (χ1) is 15.6. The highest BCUT2D eigenvalue weighted by Gasteiger charge is 2.21. The number of nitrogens with zero attached hydrogens (tertiary/aromatic N) is 2. The minimum absolute atomic E-state index is 0.417. The van der Waals surface area contributed by atoms with Crippen LogP contribution in [0.4, 0.5) is 11.4 Å². The fourth-order valence-corrected chi connectivity index (χ4v) is 4.70. The number of likely N-dealkylation sites (N-methyl/N-ethyl adjacent to an activating group) is 2. The van der Waals surface area contributed by atoms with Crippen LogP contribution in [0, 0.1) is 0 Å². The number of hydrogen-bond donors (Lipinski definition) is 2. The normalized spacial score (nSPS) is 19.6. The van der Waals surface area contributed by atoms with Crippen molar-refractivity contribution in [3.05, 3.63) is 71.8 Å². The lowest BCUT2D eigenvalue weighted by Crippen LogP contribution is -2.33. The van der Waals surface area contributed by atoms with Crippen molar-refractivity contribution >= 4 is 22.8 Å². The van der Waals surface area contributed by atoms with Crippen LogP contribution in [0.5, 0.6) is 0 Å². The van der Waals surface area contributed by atoms with Gasteiger partial charge in [0.05, 0.1) is 0 Å². The van der Waals surface area contributed by atoms with Crippen molar-refractivity contribution in [2.24, 2.45) is 0 Å². The molecule has 0 aromatic heterocycles. The average molecular weight is 431 g/mol. The molecule has 2 aliphatic heterocycles. The Kier molecular flexibility index (Phi) is 7.09. The highest BCUT2D eigenvalue weighted by atomic mass is 15.1. The van der Waals surface area contributed by atoms with E-state index >= 15 is 0 Å². The van der Waals surface area contributed by atoms with Crippen molar-refractivity contribution in [3.63, 3.8) is 0 Å². The summed E-state index contributed by atoms with van der Waals surface area (Å²) in [5.41, 5.74) is 7.84. The quantitative estimate of drug-likeness (QED) is 0.516. The third-order valence-corrected chi connectivity index (χ3v) is 6.92. The molecule has 2 aliphatic rings. The number of unbranched alkanes of at least 4 members (excludes halogenated alkanes) is 3. The first-order valence-corrected chi connectivity index (χ1v) is 12.1. The Morgan fingerprint density at radius 3 is 1.47 bits per heavy atom. The molecule has 2 atom stereocenters. The van der Waals surface area contributed by atoms with Crippen molar-refractivity contribution in [2.45, 2.75) is 51.6 Å². The molecular formula is C28H38N4. The van der Waals surface area contributed by atoms with Gasteiger partial charge in [0.1, 0.15) is 0 Å². The topological polar surface area (TPSA) is 30.5 Å². The second-order valence-corrected chi connectivity index (χ2v) is 9.17. The average Bonchev–Trinajstić information content (AvgIpc) is 2.81. The molecular weight excluding hydrogens is 392 g/mol. The van der Waals surface area contributed by atoms with E-state index < -0.39 is 0 Å². The number of rotatable bonds is 9. The van der Waals surface area contributed by atoms with Gasteiger partial charge in [0.15, 0.2) is 0 Å². The van der Waals surface area contributed by atoms with Crippen LogP contribution in [-0.4, -0.2) is 39.3 Å². The van der Waals surface area contributed by atoms with Gasteiger partial charge in [-0.05, 0) is 51.0 Å². The lowest BCUT2D eigenvalue weighted by molar-refractivity contribution is 0.616. The second-order valence-electron chi connectivity index (χ2n) is 9.17. The van der Waals surface area contributed by atoms with Crippen LogP contribution in [-0.2, 0) is 0 Å². The van der Waals surface area contributed by atoms with E-state index in [2.05, 4.69) is 109 Å². The Labute approximate surface area is 194 Å². The van der Waals surface area contributed by atoms with Crippen LogP contribution in [0.1, 0.15) is 50.7 Å². The van der Waals surface area contributed by atoms with Crippen LogP contribution in [0.25, 0.3) is 11.4 Å². The van der Waals surface area contributed by atoms with E-state index in [1.165, 1.54) is 59.6 Å². The van der Waals surface area contributed by atoms with Gasteiger partial charge in [0.2, 0.25) is 0 Å². The number of anilines is 2. The fourth-order valence-electron chi connectivity index (χ4n) is 4.70. The summed E-state index contributed by atoms with van der Waals surface area (Å²) in [5.74, 6) is 0. The number of hydrogen-bond acceptors (Lipinski definition) is 4. The molecule has 4 rings (SSSR count). The van der Waals surface area contributed by atoms with Gasteiger partial charge in [-0.2, -0.15) is 0 Å². The van der Waals surface area contributed by atoms with Crippen molar-refractivity contribution in [1.29, 1.82) is 0 Å². The highest BCUT2D eigenvalue weighted by molar-refractivity contribution is 5.80. The maximum Gasteiger partial charge on any atom is 0.0464 e. The third-order valence-electron chi connectivity index (χ3n) is 6.92. The standard InChI is InChI=1S/C28H38N4/c1-21-19-25(23-13-7-9-15-27(23)31(21)3)29-17-11-5-6-12-18-30-26-20-22(2)32(4)28-16-10-8-14-24(26)28/h7-10,13-16,19-22,29-30H,5-6,11-12,17-18H2,1-4H3. The molecule has 2 aromatic carbocycles. The molecule has 32 heavy (non-hydrogen) atoms. The first kappa shape index (κ1) is 22.3. The van der Waals surface area contributed by atoms with E-state index in [-0.39, 0.29) is 0 Å². The molecule has 2 N–H and O–H groups in total. The zero-order chi connectivity index (χ0) is 22.5. The molecule has 0 bridgehead atoms. The summed E-state index contributed by atoms with van der Waals surface area (Å²) in [4.78, 5) is 4.68. The van der Waals surface area contributed by atoms with Crippen LogP contribution in [0.15, 0.2) is 60.7 Å². The summed E-state index contributed by atoms with van der Waals surface area (Å²) in [5, 5.41) is 7.39. The molecule has 4 nitrogen and oxygen atoms in total. The van der Waals surface area contributed by atoms with Gasteiger partial charge < -0.3 is 20.4 Å². The molecule has 0 spiro atoms. The Morgan fingerprint density at radius 2 is 1.03 bits per heavy atom. The van der Waals surface area contributed by atoms with E-state index in [1.54, 1.807) is 0 Å². The first-order valence-electron chi connectivity index (χ1n) is 12.1. The van der Waals surface area contributed by atoms with Crippen LogP contribution < -0.4 is 20.4 Å². The molecule has 0 amide bonds. The summed E-state index contributed by atoms with van der Waals surface area (Å²) in [6.07, 6.45) is 9.62. The van der Waals surface area contributed by atoms with E-state index in [0.29, 0.717) is 12.1 Å². The molecule has 170 valence electrons. The smallest absolute Gasteiger partial charge is 0.0464 e. The van der Waals surface area contributed by atoms with Gasteiger partial charge in [-0.3, -0.25) is 0 Å². The summed E-state index contributed by atoms with van der Waals surface area (Å²) in [7, 11) is 4.34. The molecule has 2 heterocycles. The zero-order valence-electron chi connectivity index (χ0n) is 20.1. The summed E-state index contributed by atoms with van der Waals surface area (Å²) in [6, 6.07) is 18.2. The Balaban J connectivity index is 1.18. The Bertz CT molecular complexity index is 897. The summed E-state index contributed by atoms with van der Waals surface area (Å²) in [6.45, 7) is 6.58. The second kappa shape index (κ2) is 10.2. The van der Waals surface area contributed by atoms with Crippen molar-refractivity contribution in [3.8, 4) is 0 Å². The number of para-hydroxylation sites is 2. The van der Waals surface area contributed by atoms with Gasteiger partial charge in [-0.15, -0.1) is 0 Å². The van der Waals surface area contributed by atoms with Crippen molar-refractivity contribution in [1.82, 2.24) is 10.6 Å². The predicted octanol–water partition coefficient (Wildman–Crippen LogP) is 5.48. The molecule has 2 aromatic rings. The largest absolute Gasteiger partial charge is 0.385 e. The van der Waals surface area contributed by atoms with Crippen molar-refractivity contribution in [2.75, 3.05) is 37.0 Å². The summed E-state index contributed by atoms with van der Waals surface area (Å²) >= 11 is 0. The Morgan fingerprint density at radius 1 is 0.625 bits per heavy atom. The van der Waals surface area contributed by atoms with Gasteiger partial charge in [0.25, 0.3) is 0 Å². The van der Waals surface area contributed by atoms with E-state index in [1.807, 2.05) is 0 Å². The van der Waals surface area contributed by atoms with Crippen LogP contribution in [0.3, 0.4) is 0 Å². The molecule has 4 heteroatoms.